The number of hydrogen-bond donors (Lipinski definition) is 2. The van der Waals surface area contributed by atoms with Gasteiger partial charge in [-0.15, -0.1) is 12.4 Å². The summed E-state index contributed by atoms with van der Waals surface area (Å²) in [6.45, 7) is 0. The van der Waals surface area contributed by atoms with Crippen LogP contribution in [0.4, 0.5) is 0 Å². The molecule has 0 spiro atoms. The van der Waals surface area contributed by atoms with Gasteiger partial charge in [0.05, 0.1) is 0 Å². The maximum atomic E-state index is 9.08. The van der Waals surface area contributed by atoms with E-state index in [2.05, 4.69) is 4.33 Å². The molecule has 0 radical (unpaired) electrons. The topological polar surface area (TPSA) is 83.8 Å². The number of hydrogen-bond acceptors (Lipinski definition) is 4. The van der Waals surface area contributed by atoms with Crippen molar-refractivity contribution in [3.05, 3.63) is 0 Å². The third-order valence-electron chi connectivity index (χ3n) is 0.0942. The summed E-state index contributed by atoms with van der Waals surface area (Å²) in [7, 11) is -4.61. The smallest absolute Gasteiger partial charge is 1.00 e. The van der Waals surface area contributed by atoms with Crippen LogP contribution in [0, 0.1) is 0 Å². The van der Waals surface area contributed by atoms with Gasteiger partial charge in [0.1, 0.15) is 0 Å². The normalized spacial score (nSPS) is 8.75. The zero-order valence-corrected chi connectivity index (χ0v) is 7.57. The van der Waals surface area contributed by atoms with E-state index >= 15 is 0 Å². The molecule has 0 aliphatic heterocycles. The first-order valence-corrected chi connectivity index (χ1v) is 2.23. The zero-order valence-electron chi connectivity index (χ0n) is 4.94. The Labute approximate surface area is 76.1 Å². The fourth-order valence-electron chi connectivity index (χ4n) is 0. The largest absolute Gasteiger partial charge is 1.00 e. The molecule has 0 saturated carbocycles. The molecule has 0 fully saturated rings. The predicted molar refractivity (Wildman–Crippen MR) is 23.6 cm³/mol. The second-order valence-corrected chi connectivity index (χ2v) is 1.51. The van der Waals surface area contributed by atoms with Crippen molar-refractivity contribution in [1.82, 2.24) is 0 Å². The molecule has 0 aliphatic rings. The summed E-state index contributed by atoms with van der Waals surface area (Å²) in [5.74, 6) is 0. The van der Waals surface area contributed by atoms with E-state index in [1.807, 2.05) is 0 Å². The van der Waals surface area contributed by atoms with Crippen LogP contribution in [0.5, 0.6) is 0 Å². The Morgan fingerprint density at radius 1 is 1.50 bits per heavy atom. The molecule has 0 unspecified atom stereocenters. The van der Waals surface area contributed by atoms with Gasteiger partial charge in [0.15, 0.2) is 0 Å². The molecule has 8 heavy (non-hydrogen) atoms. The Balaban J connectivity index is -0.0000000417. The van der Waals surface area contributed by atoms with Crippen molar-refractivity contribution in [2.45, 2.75) is 0 Å². The Morgan fingerprint density at radius 2 is 1.62 bits per heavy atom. The molecule has 0 aromatic carbocycles. The van der Waals surface area contributed by atoms with E-state index in [0.717, 1.165) is 0 Å². The molecular weight excluding hydrogens is 171 g/mol. The van der Waals surface area contributed by atoms with Crippen LogP contribution < -0.4 is 29.6 Å². The van der Waals surface area contributed by atoms with Crippen LogP contribution in [0.3, 0.4) is 0 Å². The molecule has 0 aromatic heterocycles. The van der Waals surface area contributed by atoms with E-state index in [1.165, 1.54) is 0 Å². The minimum Gasteiger partial charge on any atom is -1.00 e. The van der Waals surface area contributed by atoms with Crippen LogP contribution in [0.15, 0.2) is 0 Å². The maximum Gasteiger partial charge on any atom is 1.00 e. The van der Waals surface area contributed by atoms with Crippen molar-refractivity contribution >= 4 is 22.8 Å². The van der Waals surface area contributed by atoms with Crippen molar-refractivity contribution in [3.63, 3.8) is 0 Å². The quantitative estimate of drug-likeness (QED) is 0.190. The summed E-state index contributed by atoms with van der Waals surface area (Å²) >= 11 is 0. The van der Waals surface area contributed by atoms with Gasteiger partial charge in [-0.25, -0.2) is 5.26 Å². The fourth-order valence-corrected chi connectivity index (χ4v) is 0. The summed E-state index contributed by atoms with van der Waals surface area (Å²) in [5.41, 5.74) is 0. The van der Waals surface area contributed by atoms with Gasteiger partial charge in [0.25, 0.3) is 0 Å². The number of rotatable bonds is 1. The Hall–Kier alpha value is 1.12. The van der Waals surface area contributed by atoms with E-state index in [1.54, 1.807) is 0 Å². The minimum absolute atomic E-state index is 0. The SMILES string of the molecule is Cl.O=S(=O)(O)OO.[H-].[Na+]. The van der Waals surface area contributed by atoms with Crippen molar-refractivity contribution in [1.29, 1.82) is 0 Å². The molecular formula is H4ClNaO5S. The molecule has 0 heterocycles. The molecule has 0 saturated heterocycles. The van der Waals surface area contributed by atoms with Gasteiger partial charge >= 0.3 is 40.0 Å². The second-order valence-electron chi connectivity index (χ2n) is 0.502. The van der Waals surface area contributed by atoms with Crippen LogP contribution in [-0.2, 0) is 14.7 Å². The van der Waals surface area contributed by atoms with Crippen molar-refractivity contribution in [2.24, 2.45) is 0 Å². The van der Waals surface area contributed by atoms with Gasteiger partial charge in [0.2, 0.25) is 0 Å². The first-order valence-electron chi connectivity index (χ1n) is 0.865. The summed E-state index contributed by atoms with van der Waals surface area (Å²) < 4.78 is 28.0. The average molecular weight is 175 g/mol. The fraction of sp³-hybridized carbons (Fsp3) is 0. The van der Waals surface area contributed by atoms with Crippen LogP contribution in [0.25, 0.3) is 0 Å². The second kappa shape index (κ2) is 6.24. The third kappa shape index (κ3) is 15.7. The standard InChI is InChI=1S/ClH.Na.H2O5S.H/c;;1-5-6(2,3)4;/h1H;;1H,(H,2,3,4);/q;+1;;-1. The summed E-state index contributed by atoms with van der Waals surface area (Å²) in [4.78, 5) is 0. The van der Waals surface area contributed by atoms with Crippen LogP contribution in [0.2, 0.25) is 0 Å². The van der Waals surface area contributed by atoms with Crippen molar-refractivity contribution < 1.29 is 53.5 Å². The summed E-state index contributed by atoms with van der Waals surface area (Å²) in [6.07, 6.45) is 0. The molecule has 0 aliphatic carbocycles. The van der Waals surface area contributed by atoms with E-state index in [-0.39, 0.29) is 43.4 Å². The Kier molecular flexibility index (Phi) is 12.5. The first kappa shape index (κ1) is 16.1. The number of halogens is 1. The molecule has 2 N–H and O–H groups in total. The van der Waals surface area contributed by atoms with Gasteiger partial charge in [-0.2, -0.15) is 8.42 Å². The van der Waals surface area contributed by atoms with Crippen molar-refractivity contribution in [2.75, 3.05) is 0 Å². The van der Waals surface area contributed by atoms with E-state index in [0.29, 0.717) is 0 Å². The molecule has 0 aromatic rings. The average Bonchev–Trinajstić information content (AvgIpc) is 1.35. The van der Waals surface area contributed by atoms with Crippen molar-refractivity contribution in [3.8, 4) is 0 Å². The van der Waals surface area contributed by atoms with Crippen LogP contribution >= 0.6 is 12.4 Å². The van der Waals surface area contributed by atoms with E-state index in [9.17, 15) is 0 Å². The van der Waals surface area contributed by atoms with Gasteiger partial charge < -0.3 is 1.43 Å². The molecule has 48 valence electrons. The predicted octanol–water partition coefficient (Wildman–Crippen LogP) is -3.18. The molecule has 0 rings (SSSR count). The maximum absolute atomic E-state index is 9.08. The van der Waals surface area contributed by atoms with Crippen LogP contribution in [0.1, 0.15) is 1.43 Å². The van der Waals surface area contributed by atoms with Crippen LogP contribution in [-0.4, -0.2) is 18.2 Å². The molecule has 0 amide bonds. The minimum atomic E-state index is -4.61. The van der Waals surface area contributed by atoms with Gasteiger partial charge in [-0.1, -0.05) is 4.33 Å². The Morgan fingerprint density at radius 3 is 1.62 bits per heavy atom. The molecule has 8 heteroatoms. The van der Waals surface area contributed by atoms with Gasteiger partial charge in [-0.3, -0.25) is 4.55 Å². The molecule has 0 bridgehead atoms. The monoisotopic (exact) mass is 174 g/mol. The molecule has 0 atom stereocenters. The Bertz CT molecular complexity index is 119. The van der Waals surface area contributed by atoms with Gasteiger partial charge in [-0.05, 0) is 0 Å². The van der Waals surface area contributed by atoms with Gasteiger partial charge in [0, 0.05) is 0 Å². The third-order valence-corrected chi connectivity index (χ3v) is 0.283. The summed E-state index contributed by atoms with van der Waals surface area (Å²) in [6, 6.07) is 0. The zero-order chi connectivity index (χ0) is 5.21. The first-order chi connectivity index (χ1) is 2.56. The van der Waals surface area contributed by atoms with E-state index in [4.69, 9.17) is 18.2 Å². The summed E-state index contributed by atoms with van der Waals surface area (Å²) in [5, 5.41) is 7.06. The molecule has 5 nitrogen and oxygen atoms in total. The van der Waals surface area contributed by atoms with E-state index < -0.39 is 10.4 Å².